The molecule has 0 saturated heterocycles. The monoisotopic (exact) mass is 424 g/mol. The van der Waals surface area contributed by atoms with E-state index in [0.29, 0.717) is 17.1 Å². The average Bonchev–Trinajstić information content (AvgIpc) is 3.19. The van der Waals surface area contributed by atoms with Gasteiger partial charge in [0.05, 0.1) is 4.90 Å². The minimum absolute atomic E-state index is 0.135. The number of halogens is 1. The van der Waals surface area contributed by atoms with Crippen molar-refractivity contribution >= 4 is 27.6 Å². The highest BCUT2D eigenvalue weighted by Gasteiger charge is 2.24. The number of hydrogen-bond donors (Lipinski definition) is 1. The first kappa shape index (κ1) is 19.2. The fourth-order valence-corrected chi connectivity index (χ4v) is 4.11. The molecule has 6 nitrogen and oxygen atoms in total. The van der Waals surface area contributed by atoms with Gasteiger partial charge < -0.3 is 5.32 Å². The summed E-state index contributed by atoms with van der Waals surface area (Å²) in [4.78, 5) is 4.57. The molecule has 0 fully saturated rings. The Bertz CT molecular complexity index is 1210. The molecule has 3 aromatic carbocycles. The van der Waals surface area contributed by atoms with Crippen molar-refractivity contribution < 1.29 is 8.42 Å². The summed E-state index contributed by atoms with van der Waals surface area (Å²) in [5.41, 5.74) is 1.66. The van der Waals surface area contributed by atoms with Crippen LogP contribution >= 0.6 is 11.6 Å². The third-order valence-corrected chi connectivity index (χ3v) is 6.07. The van der Waals surface area contributed by atoms with Crippen LogP contribution in [0.25, 0.3) is 11.4 Å². The number of nitrogens with one attached hydrogen (secondary N) is 1. The maximum Gasteiger partial charge on any atom is 0.286 e. The number of hydrogen-bond acceptors (Lipinski definition) is 5. The van der Waals surface area contributed by atoms with Gasteiger partial charge in [-0.2, -0.15) is 13.4 Å². The fraction of sp³-hybridized carbons (Fsp3) is 0.0476. The van der Waals surface area contributed by atoms with E-state index in [1.807, 2.05) is 30.3 Å². The standard InChI is InChI=1S/C21H17ClN4O2S/c22-18-13-11-17(12-14-18)20-24-21(23-15-16-7-3-1-4-8-16)26(25-20)29(27,28)19-9-5-2-6-10-19/h1-14H,15H2,(H,23,24,25). The van der Waals surface area contributed by atoms with Gasteiger partial charge in [0.25, 0.3) is 10.0 Å². The zero-order chi connectivity index (χ0) is 20.3. The molecular weight excluding hydrogens is 408 g/mol. The Kier molecular flexibility index (Phi) is 5.33. The summed E-state index contributed by atoms with van der Waals surface area (Å²) in [7, 11) is -3.91. The summed E-state index contributed by atoms with van der Waals surface area (Å²) >= 11 is 5.95. The number of benzene rings is 3. The summed E-state index contributed by atoms with van der Waals surface area (Å²) in [5, 5.41) is 7.95. The van der Waals surface area contributed by atoms with E-state index in [4.69, 9.17) is 11.6 Å². The maximum atomic E-state index is 13.2. The molecule has 0 unspecified atom stereocenters. The molecule has 0 aliphatic carbocycles. The van der Waals surface area contributed by atoms with Crippen LogP contribution in [0.1, 0.15) is 5.56 Å². The minimum atomic E-state index is -3.91. The topological polar surface area (TPSA) is 76.9 Å². The lowest BCUT2D eigenvalue weighted by Gasteiger charge is -2.09. The molecule has 4 aromatic rings. The summed E-state index contributed by atoms with van der Waals surface area (Å²) in [6, 6.07) is 24.7. The van der Waals surface area contributed by atoms with E-state index in [-0.39, 0.29) is 16.7 Å². The van der Waals surface area contributed by atoms with Crippen LogP contribution in [-0.4, -0.2) is 22.6 Å². The molecule has 1 aromatic heterocycles. The molecule has 8 heteroatoms. The summed E-state index contributed by atoms with van der Waals surface area (Å²) < 4.78 is 27.3. The first-order valence-electron chi connectivity index (χ1n) is 8.85. The van der Waals surface area contributed by atoms with Crippen LogP contribution in [-0.2, 0) is 16.6 Å². The molecule has 1 N–H and O–H groups in total. The van der Waals surface area contributed by atoms with Crippen molar-refractivity contribution in [3.63, 3.8) is 0 Å². The second-order valence-corrected chi connectivity index (χ2v) is 8.47. The number of rotatable bonds is 6. The van der Waals surface area contributed by atoms with Gasteiger partial charge in [-0.3, -0.25) is 0 Å². The molecule has 0 atom stereocenters. The Morgan fingerprint density at radius 2 is 1.48 bits per heavy atom. The van der Waals surface area contributed by atoms with E-state index < -0.39 is 10.0 Å². The van der Waals surface area contributed by atoms with Gasteiger partial charge in [0.15, 0.2) is 5.82 Å². The third kappa shape index (κ3) is 4.16. The largest absolute Gasteiger partial charge is 0.349 e. The maximum absolute atomic E-state index is 13.2. The van der Waals surface area contributed by atoms with Crippen molar-refractivity contribution in [3.05, 3.63) is 95.5 Å². The Morgan fingerprint density at radius 1 is 0.862 bits per heavy atom. The first-order chi connectivity index (χ1) is 14.0. The van der Waals surface area contributed by atoms with E-state index in [1.54, 1.807) is 42.5 Å². The number of aromatic nitrogens is 3. The third-order valence-electron chi connectivity index (χ3n) is 4.24. The van der Waals surface area contributed by atoms with Gasteiger partial charge in [0.2, 0.25) is 5.95 Å². The molecule has 0 saturated carbocycles. The van der Waals surface area contributed by atoms with Crippen molar-refractivity contribution in [2.45, 2.75) is 11.4 Å². The SMILES string of the molecule is O=S(=O)(c1ccccc1)n1nc(-c2ccc(Cl)cc2)nc1NCc1ccccc1. The summed E-state index contributed by atoms with van der Waals surface area (Å²) in [5.74, 6) is 0.430. The minimum Gasteiger partial charge on any atom is -0.349 e. The summed E-state index contributed by atoms with van der Waals surface area (Å²) in [6.45, 7) is 0.407. The molecule has 0 radical (unpaired) electrons. The molecule has 0 aliphatic rings. The van der Waals surface area contributed by atoms with Crippen molar-refractivity contribution in [2.75, 3.05) is 5.32 Å². The average molecular weight is 425 g/mol. The highest BCUT2D eigenvalue weighted by Crippen LogP contribution is 2.24. The van der Waals surface area contributed by atoms with Crippen LogP contribution in [0.15, 0.2) is 89.8 Å². The molecule has 0 spiro atoms. The first-order valence-corrected chi connectivity index (χ1v) is 10.7. The molecule has 29 heavy (non-hydrogen) atoms. The molecule has 4 rings (SSSR count). The van der Waals surface area contributed by atoms with E-state index in [0.717, 1.165) is 9.65 Å². The Morgan fingerprint density at radius 3 is 2.14 bits per heavy atom. The van der Waals surface area contributed by atoms with Gasteiger partial charge in [-0.1, -0.05) is 60.1 Å². The Hall–Kier alpha value is -3.16. The number of anilines is 1. The fourth-order valence-electron chi connectivity index (χ4n) is 2.76. The predicted octanol–water partition coefficient (Wildman–Crippen LogP) is 4.45. The van der Waals surface area contributed by atoms with Crippen LogP contribution in [0.4, 0.5) is 5.95 Å². The smallest absolute Gasteiger partial charge is 0.286 e. The highest BCUT2D eigenvalue weighted by atomic mass is 35.5. The van der Waals surface area contributed by atoms with Gasteiger partial charge >= 0.3 is 0 Å². The van der Waals surface area contributed by atoms with Crippen LogP contribution in [0.3, 0.4) is 0 Å². The Balaban J connectivity index is 1.76. The predicted molar refractivity (Wildman–Crippen MR) is 113 cm³/mol. The lowest BCUT2D eigenvalue weighted by atomic mass is 10.2. The molecule has 146 valence electrons. The van der Waals surface area contributed by atoms with Crippen LogP contribution in [0.2, 0.25) is 5.02 Å². The molecule has 1 heterocycles. The van der Waals surface area contributed by atoms with E-state index in [1.165, 1.54) is 12.1 Å². The van der Waals surface area contributed by atoms with Crippen LogP contribution < -0.4 is 5.32 Å². The van der Waals surface area contributed by atoms with Crippen LogP contribution in [0, 0.1) is 0 Å². The highest BCUT2D eigenvalue weighted by molar-refractivity contribution is 7.90. The second-order valence-electron chi connectivity index (χ2n) is 6.27. The van der Waals surface area contributed by atoms with Crippen molar-refractivity contribution in [1.29, 1.82) is 0 Å². The quantitative estimate of drug-likeness (QED) is 0.495. The molecule has 0 bridgehead atoms. The molecule has 0 amide bonds. The zero-order valence-corrected chi connectivity index (χ0v) is 16.8. The van der Waals surface area contributed by atoms with E-state index in [9.17, 15) is 8.42 Å². The van der Waals surface area contributed by atoms with Crippen LogP contribution in [0.5, 0.6) is 0 Å². The summed E-state index contributed by atoms with van der Waals surface area (Å²) in [6.07, 6.45) is 0. The van der Waals surface area contributed by atoms with E-state index >= 15 is 0 Å². The number of nitrogens with zero attached hydrogens (tertiary/aromatic N) is 3. The Labute approximate surface area is 173 Å². The van der Waals surface area contributed by atoms with Gasteiger partial charge in [-0.15, -0.1) is 9.19 Å². The lowest BCUT2D eigenvalue weighted by Crippen LogP contribution is -2.18. The molecular formula is C21H17ClN4O2S. The molecule has 0 aliphatic heterocycles. The second kappa shape index (κ2) is 8.06. The van der Waals surface area contributed by atoms with Gasteiger partial charge in [0, 0.05) is 17.1 Å². The van der Waals surface area contributed by atoms with Crippen molar-refractivity contribution in [3.8, 4) is 11.4 Å². The van der Waals surface area contributed by atoms with Gasteiger partial charge in [-0.25, -0.2) is 0 Å². The normalized spacial score (nSPS) is 11.3. The van der Waals surface area contributed by atoms with Crippen molar-refractivity contribution in [1.82, 2.24) is 14.2 Å². The van der Waals surface area contributed by atoms with Gasteiger partial charge in [0.1, 0.15) is 0 Å². The van der Waals surface area contributed by atoms with E-state index in [2.05, 4.69) is 15.4 Å². The lowest BCUT2D eigenvalue weighted by molar-refractivity contribution is 0.580. The van der Waals surface area contributed by atoms with Crippen molar-refractivity contribution in [2.24, 2.45) is 0 Å². The zero-order valence-electron chi connectivity index (χ0n) is 15.2. The van der Waals surface area contributed by atoms with Gasteiger partial charge in [-0.05, 0) is 42.0 Å².